The third kappa shape index (κ3) is 6.85. The van der Waals surface area contributed by atoms with Crippen molar-refractivity contribution in [3.8, 4) is 0 Å². The summed E-state index contributed by atoms with van der Waals surface area (Å²) in [4.78, 5) is 13.3. The lowest BCUT2D eigenvalue weighted by atomic mass is 10.1. The van der Waals surface area contributed by atoms with Crippen molar-refractivity contribution in [3.05, 3.63) is 35.5 Å². The van der Waals surface area contributed by atoms with E-state index in [0.717, 1.165) is 51.6 Å². The van der Waals surface area contributed by atoms with E-state index in [1.807, 2.05) is 0 Å². The highest BCUT2D eigenvalue weighted by Gasteiger charge is 2.19. The Labute approximate surface area is 198 Å². The zero-order valence-electron chi connectivity index (χ0n) is 19.0. The Morgan fingerprint density at radius 3 is 2.63 bits per heavy atom. The molecule has 168 valence electrons. The van der Waals surface area contributed by atoms with E-state index >= 15 is 0 Å². The van der Waals surface area contributed by atoms with E-state index < -0.39 is 0 Å². The molecule has 0 bridgehead atoms. The molecule has 0 radical (unpaired) electrons. The van der Waals surface area contributed by atoms with Crippen LogP contribution in [0.15, 0.2) is 29.4 Å². The largest absolute Gasteiger partial charge is 0.361 e. The van der Waals surface area contributed by atoms with E-state index in [2.05, 4.69) is 77.5 Å². The van der Waals surface area contributed by atoms with E-state index in [-0.39, 0.29) is 24.0 Å². The maximum absolute atomic E-state index is 4.85. The van der Waals surface area contributed by atoms with Crippen molar-refractivity contribution in [3.63, 3.8) is 0 Å². The first-order valence-electron chi connectivity index (χ1n) is 11.2. The van der Waals surface area contributed by atoms with Crippen molar-refractivity contribution in [2.45, 2.75) is 40.2 Å². The first-order chi connectivity index (χ1) is 14.1. The number of halogens is 1. The topological polar surface area (TPSA) is 58.7 Å². The zero-order valence-corrected chi connectivity index (χ0v) is 21.3. The number of nitrogens with one attached hydrogen (secondary N) is 3. The SMILES string of the molecule is CCNC(=NCC(C)N1CCN(CC)CC1)NCCc1c[nH]c2cc(C)ccc12.I. The van der Waals surface area contributed by atoms with Gasteiger partial charge in [0.25, 0.3) is 0 Å². The van der Waals surface area contributed by atoms with Crippen LogP contribution in [0.2, 0.25) is 0 Å². The summed E-state index contributed by atoms with van der Waals surface area (Å²) in [6.45, 7) is 17.2. The molecule has 7 heteroatoms. The molecule has 6 nitrogen and oxygen atoms in total. The van der Waals surface area contributed by atoms with Gasteiger partial charge in [-0.3, -0.25) is 9.89 Å². The highest BCUT2D eigenvalue weighted by molar-refractivity contribution is 14.0. The monoisotopic (exact) mass is 526 g/mol. The van der Waals surface area contributed by atoms with Gasteiger partial charge in [0.05, 0.1) is 6.54 Å². The second kappa shape index (κ2) is 12.5. The molecule has 2 aromatic rings. The Morgan fingerprint density at radius 1 is 1.17 bits per heavy atom. The number of nitrogens with zero attached hydrogens (tertiary/aromatic N) is 3. The fraction of sp³-hybridized carbons (Fsp3) is 0.609. The van der Waals surface area contributed by atoms with Gasteiger partial charge in [-0.05, 0) is 50.9 Å². The lowest BCUT2D eigenvalue weighted by Gasteiger charge is -2.37. The number of rotatable bonds is 8. The number of aliphatic imine (C=N–C) groups is 1. The van der Waals surface area contributed by atoms with Gasteiger partial charge < -0.3 is 20.5 Å². The summed E-state index contributed by atoms with van der Waals surface area (Å²) in [6.07, 6.45) is 3.11. The summed E-state index contributed by atoms with van der Waals surface area (Å²) < 4.78 is 0. The van der Waals surface area contributed by atoms with Crippen molar-refractivity contribution in [2.75, 3.05) is 52.4 Å². The minimum absolute atomic E-state index is 0. The van der Waals surface area contributed by atoms with Crippen LogP contribution in [0.3, 0.4) is 0 Å². The van der Waals surface area contributed by atoms with Crippen molar-refractivity contribution in [1.82, 2.24) is 25.4 Å². The first-order valence-corrected chi connectivity index (χ1v) is 11.2. The van der Waals surface area contributed by atoms with Gasteiger partial charge in [-0.15, -0.1) is 24.0 Å². The number of aromatic nitrogens is 1. The number of benzene rings is 1. The van der Waals surface area contributed by atoms with Crippen molar-refractivity contribution < 1.29 is 0 Å². The molecule has 1 fully saturated rings. The fourth-order valence-corrected chi connectivity index (χ4v) is 4.02. The van der Waals surface area contributed by atoms with E-state index in [1.54, 1.807) is 0 Å². The molecule has 3 N–H and O–H groups in total. The van der Waals surface area contributed by atoms with Crippen molar-refractivity contribution in [2.24, 2.45) is 4.99 Å². The maximum Gasteiger partial charge on any atom is 0.191 e. The molecule has 2 heterocycles. The predicted octanol–water partition coefficient (Wildman–Crippen LogP) is 3.22. The van der Waals surface area contributed by atoms with Gasteiger partial charge in [0, 0.05) is 62.4 Å². The minimum atomic E-state index is 0. The summed E-state index contributed by atoms with van der Waals surface area (Å²) in [6, 6.07) is 7.08. The summed E-state index contributed by atoms with van der Waals surface area (Å²) >= 11 is 0. The lowest BCUT2D eigenvalue weighted by molar-refractivity contribution is 0.109. The summed E-state index contributed by atoms with van der Waals surface area (Å²) in [5, 5.41) is 8.21. The third-order valence-electron chi connectivity index (χ3n) is 5.94. The number of aromatic amines is 1. The molecular formula is C23H39IN6. The highest BCUT2D eigenvalue weighted by atomic mass is 127. The normalized spacial score (nSPS) is 17.0. The van der Waals surface area contributed by atoms with E-state index in [0.29, 0.717) is 6.04 Å². The number of guanidine groups is 1. The molecule has 1 unspecified atom stereocenters. The molecule has 0 saturated carbocycles. The van der Waals surface area contributed by atoms with E-state index in [4.69, 9.17) is 4.99 Å². The lowest BCUT2D eigenvalue weighted by Crippen LogP contribution is -2.50. The second-order valence-corrected chi connectivity index (χ2v) is 8.08. The van der Waals surface area contributed by atoms with Crippen molar-refractivity contribution in [1.29, 1.82) is 0 Å². The standard InChI is InChI=1S/C23H38N6.HI/c1-5-24-23(27-16-19(4)29-13-11-28(6-2)12-14-29)25-10-9-20-17-26-22-15-18(3)7-8-21(20)22;/h7-8,15,17,19,26H,5-6,9-14,16H2,1-4H3,(H2,24,25,27);1H. The van der Waals surface area contributed by atoms with Gasteiger partial charge in [-0.25, -0.2) is 0 Å². The molecule has 1 aromatic heterocycles. The van der Waals surface area contributed by atoms with Gasteiger partial charge in [0.15, 0.2) is 5.96 Å². The van der Waals surface area contributed by atoms with Crippen LogP contribution in [0.25, 0.3) is 10.9 Å². The summed E-state index contributed by atoms with van der Waals surface area (Å²) in [5.41, 5.74) is 3.86. The quantitative estimate of drug-likeness (QED) is 0.281. The van der Waals surface area contributed by atoms with Crippen LogP contribution < -0.4 is 10.6 Å². The Balaban J connectivity index is 0.00000320. The molecule has 1 aliphatic rings. The van der Waals surface area contributed by atoms with Crippen LogP contribution in [0.5, 0.6) is 0 Å². The van der Waals surface area contributed by atoms with Gasteiger partial charge in [0.2, 0.25) is 0 Å². The Hall–Kier alpha value is -1.32. The smallest absolute Gasteiger partial charge is 0.191 e. The summed E-state index contributed by atoms with van der Waals surface area (Å²) in [7, 11) is 0. The number of aryl methyl sites for hydroxylation is 1. The molecule has 0 amide bonds. The average molecular weight is 527 g/mol. The van der Waals surface area contributed by atoms with Crippen LogP contribution in [-0.4, -0.2) is 79.1 Å². The molecule has 1 saturated heterocycles. The average Bonchev–Trinajstić information content (AvgIpc) is 3.13. The number of hydrogen-bond donors (Lipinski definition) is 3. The maximum atomic E-state index is 4.85. The first kappa shape index (κ1) is 24.9. The molecule has 3 rings (SSSR count). The molecular weight excluding hydrogens is 487 g/mol. The number of hydrogen-bond acceptors (Lipinski definition) is 3. The van der Waals surface area contributed by atoms with E-state index in [9.17, 15) is 0 Å². The molecule has 1 aromatic carbocycles. The van der Waals surface area contributed by atoms with Crippen molar-refractivity contribution >= 4 is 40.8 Å². The predicted molar refractivity (Wildman–Crippen MR) is 139 cm³/mol. The van der Waals surface area contributed by atoms with Crippen LogP contribution in [0.1, 0.15) is 31.9 Å². The Bertz CT molecular complexity index is 794. The third-order valence-corrected chi connectivity index (χ3v) is 5.94. The van der Waals surface area contributed by atoms with E-state index in [1.165, 1.54) is 35.1 Å². The van der Waals surface area contributed by atoms with Gasteiger partial charge in [-0.1, -0.05) is 19.1 Å². The van der Waals surface area contributed by atoms with Gasteiger partial charge >= 0.3 is 0 Å². The fourth-order valence-electron chi connectivity index (χ4n) is 4.02. The van der Waals surface area contributed by atoms with Crippen LogP contribution in [0.4, 0.5) is 0 Å². The number of fused-ring (bicyclic) bond motifs is 1. The Kier molecular flexibility index (Phi) is 10.4. The molecule has 0 spiro atoms. The molecule has 1 aliphatic heterocycles. The second-order valence-electron chi connectivity index (χ2n) is 8.08. The van der Waals surface area contributed by atoms with Crippen LogP contribution in [-0.2, 0) is 6.42 Å². The Morgan fingerprint density at radius 2 is 1.93 bits per heavy atom. The van der Waals surface area contributed by atoms with Crippen LogP contribution >= 0.6 is 24.0 Å². The number of H-pyrrole nitrogens is 1. The minimum Gasteiger partial charge on any atom is -0.361 e. The molecule has 0 aliphatic carbocycles. The van der Waals surface area contributed by atoms with Crippen LogP contribution in [0, 0.1) is 6.92 Å². The zero-order chi connectivity index (χ0) is 20.6. The number of piperazine rings is 1. The van der Waals surface area contributed by atoms with Gasteiger partial charge in [0.1, 0.15) is 0 Å². The molecule has 30 heavy (non-hydrogen) atoms. The highest BCUT2D eigenvalue weighted by Crippen LogP contribution is 2.19. The summed E-state index contributed by atoms with van der Waals surface area (Å²) in [5.74, 6) is 0.919. The number of likely N-dealkylation sites (N-methyl/N-ethyl adjacent to an activating group) is 1. The van der Waals surface area contributed by atoms with Gasteiger partial charge in [-0.2, -0.15) is 0 Å². The molecule has 1 atom stereocenters.